The fourth-order valence-corrected chi connectivity index (χ4v) is 0.404. The Bertz CT molecular complexity index is 217. The van der Waals surface area contributed by atoms with E-state index in [4.69, 9.17) is 5.73 Å². The standard InChI is InChI=1S/C4HF7NO2/c5-2(3(6,7)8,4(9,10)11)14-1(12)13/h12H. The van der Waals surface area contributed by atoms with Crippen molar-refractivity contribution in [1.82, 2.24) is 5.73 Å². The first kappa shape index (κ1) is 12.8. The number of nitrogens with one attached hydrogen (secondary N) is 1. The summed E-state index contributed by atoms with van der Waals surface area (Å²) in [4.78, 5) is 9.56. The normalized spacial score (nSPS) is 13.9. The summed E-state index contributed by atoms with van der Waals surface area (Å²) in [5.41, 5.74) is 5.69. The Morgan fingerprint density at radius 2 is 1.21 bits per heavy atom. The molecule has 0 heterocycles. The fraction of sp³-hybridized carbons (Fsp3) is 0.750. The van der Waals surface area contributed by atoms with Gasteiger partial charge in [-0.15, -0.1) is 0 Å². The molecule has 0 bridgehead atoms. The van der Waals surface area contributed by atoms with Crippen LogP contribution in [0.4, 0.5) is 35.5 Å². The second kappa shape index (κ2) is 3.17. The highest BCUT2D eigenvalue weighted by Gasteiger charge is 2.76. The van der Waals surface area contributed by atoms with Gasteiger partial charge in [0.25, 0.3) is 0 Å². The number of rotatable bonds is 1. The van der Waals surface area contributed by atoms with Crippen molar-refractivity contribution in [2.45, 2.75) is 18.2 Å². The Labute approximate surface area is 71.6 Å². The van der Waals surface area contributed by atoms with Gasteiger partial charge in [-0.05, 0) is 0 Å². The van der Waals surface area contributed by atoms with Gasteiger partial charge < -0.3 is 4.74 Å². The minimum absolute atomic E-state index is 2.28. The average molecular weight is 228 g/mol. The highest BCUT2D eigenvalue weighted by molar-refractivity contribution is 5.64. The summed E-state index contributed by atoms with van der Waals surface area (Å²) in [7, 11) is 0. The first-order chi connectivity index (χ1) is 5.92. The number of carbonyl (C=O) groups excluding carboxylic acids is 1. The monoisotopic (exact) mass is 228 g/mol. The molecule has 14 heavy (non-hydrogen) atoms. The van der Waals surface area contributed by atoms with Crippen LogP contribution in [0.15, 0.2) is 0 Å². The van der Waals surface area contributed by atoms with Crippen molar-refractivity contribution < 1.29 is 40.3 Å². The minimum Gasteiger partial charge on any atom is -0.394 e. The summed E-state index contributed by atoms with van der Waals surface area (Å²) in [6, 6.07) is 0. The topological polar surface area (TPSA) is 50.1 Å². The summed E-state index contributed by atoms with van der Waals surface area (Å²) < 4.78 is 83.6. The Morgan fingerprint density at radius 1 is 0.929 bits per heavy atom. The van der Waals surface area contributed by atoms with Crippen LogP contribution in [0.5, 0.6) is 0 Å². The van der Waals surface area contributed by atoms with Gasteiger partial charge in [-0.2, -0.15) is 30.7 Å². The summed E-state index contributed by atoms with van der Waals surface area (Å²) in [6.45, 7) is 0. The van der Waals surface area contributed by atoms with E-state index in [1.807, 2.05) is 0 Å². The number of amides is 1. The van der Waals surface area contributed by atoms with Gasteiger partial charge in [0.15, 0.2) is 0 Å². The Morgan fingerprint density at radius 3 is 1.29 bits per heavy atom. The lowest BCUT2D eigenvalue weighted by atomic mass is 10.3. The highest BCUT2D eigenvalue weighted by atomic mass is 19.4. The maximum absolute atomic E-state index is 12.2. The molecule has 0 aliphatic rings. The van der Waals surface area contributed by atoms with E-state index in [9.17, 15) is 35.5 Å². The molecule has 0 aromatic carbocycles. The third-order valence-corrected chi connectivity index (χ3v) is 0.963. The van der Waals surface area contributed by atoms with Crippen molar-refractivity contribution >= 4 is 6.09 Å². The van der Waals surface area contributed by atoms with Crippen LogP contribution in [-0.4, -0.2) is 24.3 Å². The van der Waals surface area contributed by atoms with Crippen LogP contribution in [-0.2, 0) is 4.74 Å². The molecule has 0 aromatic heterocycles. The van der Waals surface area contributed by atoms with Crippen LogP contribution < -0.4 is 5.73 Å². The van der Waals surface area contributed by atoms with Crippen LogP contribution in [0.1, 0.15) is 0 Å². The van der Waals surface area contributed by atoms with Crippen LogP contribution in [0.3, 0.4) is 0 Å². The van der Waals surface area contributed by atoms with Gasteiger partial charge >= 0.3 is 24.3 Å². The summed E-state index contributed by atoms with van der Waals surface area (Å²) in [6.07, 6.45) is -15.7. The van der Waals surface area contributed by atoms with Crippen molar-refractivity contribution in [3.8, 4) is 0 Å². The second-order valence-electron chi connectivity index (χ2n) is 1.98. The van der Waals surface area contributed by atoms with E-state index >= 15 is 0 Å². The van der Waals surface area contributed by atoms with Crippen molar-refractivity contribution in [2.75, 3.05) is 0 Å². The number of ether oxygens (including phenoxy) is 1. The Hall–Kier alpha value is -1.22. The zero-order valence-electron chi connectivity index (χ0n) is 5.96. The van der Waals surface area contributed by atoms with E-state index < -0.39 is 24.3 Å². The molecule has 0 aliphatic heterocycles. The van der Waals surface area contributed by atoms with E-state index in [1.165, 1.54) is 0 Å². The molecule has 1 amide bonds. The number of alkyl halides is 7. The smallest absolute Gasteiger partial charge is 0.394 e. The molecule has 0 aliphatic carbocycles. The lowest BCUT2D eigenvalue weighted by molar-refractivity contribution is -0.413. The van der Waals surface area contributed by atoms with Crippen molar-refractivity contribution in [2.24, 2.45) is 0 Å². The predicted molar refractivity (Wildman–Crippen MR) is 25.5 cm³/mol. The van der Waals surface area contributed by atoms with Crippen molar-refractivity contribution in [1.29, 1.82) is 0 Å². The molecule has 0 rings (SSSR count). The number of hydrogen-bond donors (Lipinski definition) is 0. The molecule has 0 spiro atoms. The van der Waals surface area contributed by atoms with Crippen LogP contribution in [0, 0.1) is 0 Å². The van der Waals surface area contributed by atoms with Gasteiger partial charge in [0.1, 0.15) is 0 Å². The zero-order valence-corrected chi connectivity index (χ0v) is 5.96. The predicted octanol–water partition coefficient (Wildman–Crippen LogP) is 2.20. The fourth-order valence-electron chi connectivity index (χ4n) is 0.404. The van der Waals surface area contributed by atoms with E-state index in [1.54, 1.807) is 0 Å². The van der Waals surface area contributed by atoms with Crippen molar-refractivity contribution in [3.63, 3.8) is 0 Å². The molecular formula is C4HF7NO2. The zero-order chi connectivity index (χ0) is 11.8. The van der Waals surface area contributed by atoms with Gasteiger partial charge in [0.2, 0.25) is 0 Å². The number of hydrogen-bond acceptors (Lipinski definition) is 2. The lowest BCUT2D eigenvalue weighted by Crippen LogP contribution is -2.56. The maximum Gasteiger partial charge on any atom is 0.470 e. The van der Waals surface area contributed by atoms with Crippen LogP contribution >= 0.6 is 0 Å². The molecule has 0 aromatic rings. The second-order valence-corrected chi connectivity index (χ2v) is 1.98. The Balaban J connectivity index is 5.18. The van der Waals surface area contributed by atoms with Gasteiger partial charge in [-0.25, -0.2) is 10.5 Å². The first-order valence-corrected chi connectivity index (χ1v) is 2.69. The summed E-state index contributed by atoms with van der Waals surface area (Å²) >= 11 is 0. The summed E-state index contributed by atoms with van der Waals surface area (Å²) in [5.74, 6) is -6.14. The molecule has 0 fully saturated rings. The molecule has 10 heteroatoms. The lowest BCUT2D eigenvalue weighted by Gasteiger charge is -2.27. The van der Waals surface area contributed by atoms with Crippen LogP contribution in [0.25, 0.3) is 0 Å². The first-order valence-electron chi connectivity index (χ1n) is 2.69. The SMILES string of the molecule is [NH]C(=O)OC(F)(C(F)(F)F)C(F)(F)F. The molecule has 3 nitrogen and oxygen atoms in total. The summed E-state index contributed by atoms with van der Waals surface area (Å²) in [5, 5.41) is 0. The van der Waals surface area contributed by atoms with Gasteiger partial charge in [0, 0.05) is 0 Å². The molecule has 0 atom stereocenters. The highest BCUT2D eigenvalue weighted by Crippen LogP contribution is 2.46. The molecule has 1 radical (unpaired) electrons. The number of carbonyl (C=O) groups is 1. The molecule has 0 unspecified atom stereocenters. The van der Waals surface area contributed by atoms with E-state index in [0.29, 0.717) is 0 Å². The van der Waals surface area contributed by atoms with E-state index in [0.717, 1.165) is 0 Å². The van der Waals surface area contributed by atoms with Crippen LogP contribution in [0.2, 0.25) is 0 Å². The Kier molecular flexibility index (Phi) is 2.89. The third-order valence-electron chi connectivity index (χ3n) is 0.963. The van der Waals surface area contributed by atoms with Crippen molar-refractivity contribution in [3.05, 3.63) is 0 Å². The largest absolute Gasteiger partial charge is 0.470 e. The quantitative estimate of drug-likeness (QED) is 0.646. The number of halogens is 7. The molecule has 83 valence electrons. The maximum atomic E-state index is 12.2. The molecule has 1 N–H and O–H groups in total. The van der Waals surface area contributed by atoms with Gasteiger partial charge in [-0.3, -0.25) is 0 Å². The van der Waals surface area contributed by atoms with Gasteiger partial charge in [-0.1, -0.05) is 0 Å². The van der Waals surface area contributed by atoms with E-state index in [-0.39, 0.29) is 0 Å². The van der Waals surface area contributed by atoms with Gasteiger partial charge in [0.05, 0.1) is 0 Å². The molecular weight excluding hydrogens is 227 g/mol. The minimum atomic E-state index is -6.48. The molecule has 0 saturated carbocycles. The van der Waals surface area contributed by atoms with E-state index in [2.05, 4.69) is 4.74 Å². The third kappa shape index (κ3) is 2.17. The molecule has 0 saturated heterocycles. The average Bonchev–Trinajstić information content (AvgIpc) is 1.79.